The Morgan fingerprint density at radius 2 is 2.07 bits per heavy atom. The second-order valence-electron chi connectivity index (χ2n) is 3.60. The maximum Gasteiger partial charge on any atom is 0.211 e. The first kappa shape index (κ1) is 13.5. The number of carbonyl (C=O) groups excluding carboxylic acids is 2. The molecule has 1 amide bonds. The van der Waals surface area contributed by atoms with E-state index in [1.807, 2.05) is 6.92 Å². The SMILES string of the molecule is CC[C@@H](C(C)C)[C@H](NC=O)C(=O)SC. The molecule has 14 heavy (non-hydrogen) atoms. The van der Waals surface area contributed by atoms with Crippen molar-refractivity contribution in [1.82, 2.24) is 5.32 Å². The number of amides is 1. The highest BCUT2D eigenvalue weighted by atomic mass is 32.2. The normalized spacial score (nSPS) is 14.9. The van der Waals surface area contributed by atoms with Gasteiger partial charge in [0.15, 0.2) is 0 Å². The summed E-state index contributed by atoms with van der Waals surface area (Å²) in [5.41, 5.74) is 0. The van der Waals surface area contributed by atoms with Gasteiger partial charge < -0.3 is 5.32 Å². The van der Waals surface area contributed by atoms with Gasteiger partial charge in [0.1, 0.15) is 6.04 Å². The van der Waals surface area contributed by atoms with Crippen LogP contribution in [0, 0.1) is 11.8 Å². The molecule has 0 spiro atoms. The highest BCUT2D eigenvalue weighted by Gasteiger charge is 2.28. The Morgan fingerprint density at radius 3 is 2.36 bits per heavy atom. The van der Waals surface area contributed by atoms with Crippen molar-refractivity contribution in [1.29, 1.82) is 0 Å². The molecule has 0 aliphatic carbocycles. The second kappa shape index (κ2) is 6.87. The van der Waals surface area contributed by atoms with Gasteiger partial charge in [0, 0.05) is 0 Å². The zero-order valence-corrected chi connectivity index (χ0v) is 10.1. The molecule has 0 rings (SSSR count). The Kier molecular flexibility index (Phi) is 6.62. The summed E-state index contributed by atoms with van der Waals surface area (Å²) in [6.07, 6.45) is 3.26. The van der Waals surface area contributed by atoms with Gasteiger partial charge in [-0.05, 0) is 18.1 Å². The highest BCUT2D eigenvalue weighted by Crippen LogP contribution is 2.22. The lowest BCUT2D eigenvalue weighted by molar-refractivity contribution is -0.118. The molecule has 0 bridgehead atoms. The third-order valence-corrected chi connectivity index (χ3v) is 3.11. The molecule has 0 aromatic carbocycles. The number of rotatable bonds is 6. The van der Waals surface area contributed by atoms with Crippen LogP contribution in [-0.2, 0) is 9.59 Å². The van der Waals surface area contributed by atoms with Crippen molar-refractivity contribution >= 4 is 23.3 Å². The van der Waals surface area contributed by atoms with E-state index < -0.39 is 0 Å². The van der Waals surface area contributed by atoms with Crippen LogP contribution in [0.15, 0.2) is 0 Å². The van der Waals surface area contributed by atoms with Gasteiger partial charge in [-0.2, -0.15) is 0 Å². The van der Waals surface area contributed by atoms with Crippen LogP contribution in [0.5, 0.6) is 0 Å². The van der Waals surface area contributed by atoms with Crippen LogP contribution in [0.3, 0.4) is 0 Å². The summed E-state index contributed by atoms with van der Waals surface area (Å²) in [6, 6.07) is -0.340. The van der Waals surface area contributed by atoms with Crippen molar-refractivity contribution in [3.8, 4) is 0 Å². The van der Waals surface area contributed by atoms with Crippen LogP contribution >= 0.6 is 11.8 Å². The fraction of sp³-hybridized carbons (Fsp3) is 0.800. The largest absolute Gasteiger partial charge is 0.348 e. The lowest BCUT2D eigenvalue weighted by atomic mass is 9.87. The van der Waals surface area contributed by atoms with Crippen molar-refractivity contribution in [2.45, 2.75) is 33.2 Å². The van der Waals surface area contributed by atoms with Gasteiger partial charge in [0.25, 0.3) is 0 Å². The molecule has 0 aromatic heterocycles. The molecule has 0 radical (unpaired) electrons. The van der Waals surface area contributed by atoms with E-state index in [9.17, 15) is 9.59 Å². The maximum absolute atomic E-state index is 11.5. The summed E-state index contributed by atoms with van der Waals surface area (Å²) in [6.45, 7) is 6.18. The minimum atomic E-state index is -0.340. The Balaban J connectivity index is 4.58. The van der Waals surface area contributed by atoms with Crippen molar-refractivity contribution in [3.05, 3.63) is 0 Å². The quantitative estimate of drug-likeness (QED) is 0.688. The molecule has 0 aromatic rings. The zero-order chi connectivity index (χ0) is 11.1. The first-order valence-corrected chi connectivity index (χ1v) is 6.08. The molecule has 0 unspecified atom stereocenters. The van der Waals surface area contributed by atoms with E-state index >= 15 is 0 Å². The van der Waals surface area contributed by atoms with E-state index in [4.69, 9.17) is 0 Å². The summed E-state index contributed by atoms with van der Waals surface area (Å²) in [7, 11) is 0. The predicted molar refractivity (Wildman–Crippen MR) is 60.1 cm³/mol. The first-order valence-electron chi connectivity index (χ1n) is 4.85. The summed E-state index contributed by atoms with van der Waals surface area (Å²) in [5.74, 6) is 0.619. The third-order valence-electron chi connectivity index (χ3n) is 2.46. The lowest BCUT2D eigenvalue weighted by Gasteiger charge is -2.26. The van der Waals surface area contributed by atoms with Crippen molar-refractivity contribution in [2.24, 2.45) is 11.8 Å². The number of nitrogens with one attached hydrogen (secondary N) is 1. The summed E-state index contributed by atoms with van der Waals surface area (Å²) < 4.78 is 0. The second-order valence-corrected chi connectivity index (χ2v) is 4.41. The van der Waals surface area contributed by atoms with E-state index in [2.05, 4.69) is 19.2 Å². The smallest absolute Gasteiger partial charge is 0.211 e. The van der Waals surface area contributed by atoms with Gasteiger partial charge in [-0.3, -0.25) is 9.59 Å². The minimum Gasteiger partial charge on any atom is -0.348 e. The summed E-state index contributed by atoms with van der Waals surface area (Å²) >= 11 is 1.17. The van der Waals surface area contributed by atoms with Gasteiger partial charge in [-0.15, -0.1) is 0 Å². The van der Waals surface area contributed by atoms with Gasteiger partial charge in [-0.1, -0.05) is 39.0 Å². The number of thioether (sulfide) groups is 1. The van der Waals surface area contributed by atoms with Crippen molar-refractivity contribution in [2.75, 3.05) is 6.26 Å². The molecule has 2 atom stereocenters. The average Bonchev–Trinajstić information content (AvgIpc) is 2.16. The van der Waals surface area contributed by atoms with Gasteiger partial charge in [0.05, 0.1) is 0 Å². The molecule has 3 nitrogen and oxygen atoms in total. The van der Waals surface area contributed by atoms with E-state index in [-0.39, 0.29) is 17.1 Å². The first-order chi connectivity index (χ1) is 6.58. The maximum atomic E-state index is 11.5. The molecule has 82 valence electrons. The fourth-order valence-corrected chi connectivity index (χ4v) is 2.16. The van der Waals surface area contributed by atoms with E-state index in [1.54, 1.807) is 6.26 Å². The van der Waals surface area contributed by atoms with Crippen molar-refractivity contribution < 1.29 is 9.59 Å². The van der Waals surface area contributed by atoms with Gasteiger partial charge in [0.2, 0.25) is 11.5 Å². The average molecular weight is 217 g/mol. The standard InChI is InChI=1S/C10H19NO2S/c1-5-8(7(2)3)9(11-6-12)10(13)14-4/h6-9H,5H2,1-4H3,(H,11,12)/t8-,9-/m0/s1. The minimum absolute atomic E-state index is 0.0395. The van der Waals surface area contributed by atoms with Gasteiger partial charge in [-0.25, -0.2) is 0 Å². The van der Waals surface area contributed by atoms with Crippen LogP contribution in [0.1, 0.15) is 27.2 Å². The van der Waals surface area contributed by atoms with Crippen LogP contribution in [0.4, 0.5) is 0 Å². The molecular weight excluding hydrogens is 198 g/mol. The third kappa shape index (κ3) is 3.70. The molecule has 4 heteroatoms. The molecule has 0 saturated heterocycles. The number of carbonyl (C=O) groups is 2. The van der Waals surface area contributed by atoms with Gasteiger partial charge >= 0.3 is 0 Å². The molecule has 0 fully saturated rings. The molecule has 0 heterocycles. The molecular formula is C10H19NO2S. The topological polar surface area (TPSA) is 46.2 Å². The predicted octanol–water partition coefficient (Wildman–Crippen LogP) is 1.67. The highest BCUT2D eigenvalue weighted by molar-refractivity contribution is 8.13. The molecule has 0 aliphatic heterocycles. The molecule has 0 saturated carbocycles. The number of hydrogen-bond donors (Lipinski definition) is 1. The van der Waals surface area contributed by atoms with Crippen LogP contribution in [0.2, 0.25) is 0 Å². The Bertz CT molecular complexity index is 195. The zero-order valence-electron chi connectivity index (χ0n) is 9.24. The molecule has 1 N–H and O–H groups in total. The summed E-state index contributed by atoms with van der Waals surface area (Å²) in [5, 5.41) is 2.65. The van der Waals surface area contributed by atoms with E-state index in [0.717, 1.165) is 6.42 Å². The Morgan fingerprint density at radius 1 is 1.50 bits per heavy atom. The van der Waals surface area contributed by atoms with Crippen LogP contribution in [-0.4, -0.2) is 23.8 Å². The fourth-order valence-electron chi connectivity index (χ4n) is 1.66. The Hall–Kier alpha value is -0.510. The van der Waals surface area contributed by atoms with Crippen LogP contribution in [0.25, 0.3) is 0 Å². The lowest BCUT2D eigenvalue weighted by Crippen LogP contribution is -2.42. The van der Waals surface area contributed by atoms with Crippen molar-refractivity contribution in [3.63, 3.8) is 0 Å². The Labute approximate surface area is 90.0 Å². The number of hydrogen-bond acceptors (Lipinski definition) is 3. The van der Waals surface area contributed by atoms with Crippen LogP contribution < -0.4 is 5.32 Å². The summed E-state index contributed by atoms with van der Waals surface area (Å²) in [4.78, 5) is 22.0. The monoisotopic (exact) mass is 217 g/mol. The molecule has 0 aliphatic rings. The van der Waals surface area contributed by atoms with E-state index in [1.165, 1.54) is 11.8 Å². The van der Waals surface area contributed by atoms with E-state index in [0.29, 0.717) is 12.3 Å².